The molecule has 2 aliphatic rings. The zero-order valence-electron chi connectivity index (χ0n) is 19.9. The van der Waals surface area contributed by atoms with E-state index in [1.807, 2.05) is 9.80 Å². The summed E-state index contributed by atoms with van der Waals surface area (Å²) in [6.07, 6.45) is -4.41. The number of nitrogens with one attached hydrogen (secondary N) is 1. The number of para-hydroxylation sites is 1. The van der Waals surface area contributed by atoms with E-state index in [0.717, 1.165) is 12.1 Å². The largest absolute Gasteiger partial charge is 0.496 e. The van der Waals surface area contributed by atoms with Gasteiger partial charge in [-0.25, -0.2) is 4.99 Å². The number of ether oxygens (including phenoxy) is 2. The van der Waals surface area contributed by atoms with Crippen molar-refractivity contribution in [3.63, 3.8) is 0 Å². The number of nitrogens with zero attached hydrogens (tertiary/aromatic N) is 3. The molecule has 0 radical (unpaired) electrons. The second-order valence-electron chi connectivity index (χ2n) is 8.38. The molecule has 0 unspecified atom stereocenters. The maximum absolute atomic E-state index is 13.1. The van der Waals surface area contributed by atoms with Crippen LogP contribution in [0.2, 0.25) is 0 Å². The van der Waals surface area contributed by atoms with Crippen molar-refractivity contribution in [3.05, 3.63) is 59.7 Å². The van der Waals surface area contributed by atoms with E-state index in [-0.39, 0.29) is 6.61 Å². The molecule has 0 aliphatic carbocycles. The van der Waals surface area contributed by atoms with Crippen molar-refractivity contribution in [2.24, 2.45) is 10.9 Å². The third kappa shape index (κ3) is 5.24. The van der Waals surface area contributed by atoms with Crippen molar-refractivity contribution < 1.29 is 32.2 Å². The highest BCUT2D eigenvalue weighted by Gasteiger charge is 2.43. The van der Waals surface area contributed by atoms with E-state index in [4.69, 9.17) is 14.5 Å². The Balaban J connectivity index is 1.57. The van der Waals surface area contributed by atoms with Crippen LogP contribution in [0.1, 0.15) is 24.1 Å². The molecule has 2 atom stereocenters. The number of guanidine groups is 1. The second kappa shape index (κ2) is 10.5. The summed E-state index contributed by atoms with van der Waals surface area (Å²) < 4.78 is 49.9. The van der Waals surface area contributed by atoms with Crippen molar-refractivity contribution in [3.8, 4) is 5.75 Å². The highest BCUT2D eigenvalue weighted by Crippen LogP contribution is 2.36. The number of methoxy groups -OCH3 is 1. The number of hydrogen-bond acceptors (Lipinski definition) is 7. The summed E-state index contributed by atoms with van der Waals surface area (Å²) in [6, 6.07) is 11.4. The summed E-state index contributed by atoms with van der Waals surface area (Å²) in [4.78, 5) is 34.2. The average Bonchev–Trinajstić information content (AvgIpc) is 2.88. The number of piperazine rings is 1. The molecule has 4 rings (SSSR count). The number of carbonyl (C=O) groups is 2. The Morgan fingerprint density at radius 3 is 2.44 bits per heavy atom. The SMILES string of the molecule is CCOC(=O)[C@@H]1C(=O)NC(N2CCN(c3cccc(C(F)(F)F)c3)CC2)=N[C@H]1c1ccccc1OC. The number of esters is 1. The second-order valence-corrected chi connectivity index (χ2v) is 8.38. The van der Waals surface area contributed by atoms with Gasteiger partial charge in [0.1, 0.15) is 11.8 Å². The predicted octanol–water partition coefficient (Wildman–Crippen LogP) is 3.24. The van der Waals surface area contributed by atoms with Crippen molar-refractivity contribution in [2.45, 2.75) is 19.1 Å². The van der Waals surface area contributed by atoms with Gasteiger partial charge in [-0.05, 0) is 31.2 Å². The van der Waals surface area contributed by atoms with E-state index in [1.165, 1.54) is 13.2 Å². The van der Waals surface area contributed by atoms with E-state index in [1.54, 1.807) is 37.3 Å². The van der Waals surface area contributed by atoms with Gasteiger partial charge in [0.2, 0.25) is 11.9 Å². The fourth-order valence-corrected chi connectivity index (χ4v) is 4.41. The number of aliphatic imine (C=N–C) groups is 1. The smallest absolute Gasteiger partial charge is 0.416 e. The van der Waals surface area contributed by atoms with Gasteiger partial charge < -0.3 is 19.3 Å². The molecule has 1 fully saturated rings. The van der Waals surface area contributed by atoms with Gasteiger partial charge in [-0.2, -0.15) is 13.2 Å². The molecule has 2 aliphatic heterocycles. The van der Waals surface area contributed by atoms with Gasteiger partial charge in [-0.1, -0.05) is 24.3 Å². The summed E-state index contributed by atoms with van der Waals surface area (Å²) in [5.74, 6) is -1.60. The molecule has 1 saturated heterocycles. The standard InChI is InChI=1S/C25H27F3N4O4/c1-3-36-23(34)20-21(18-9-4-5-10-19(18)35-2)29-24(30-22(20)33)32-13-11-31(12-14-32)17-8-6-7-16(15-17)25(26,27)28/h4-10,15,20-21H,3,11-14H2,1-2H3,(H,29,30,33)/t20-,21-/m0/s1. The molecule has 1 N–H and O–H groups in total. The summed E-state index contributed by atoms with van der Waals surface area (Å²) in [5.41, 5.74) is 0.359. The number of carbonyl (C=O) groups excluding carboxylic acids is 2. The quantitative estimate of drug-likeness (QED) is 0.497. The lowest BCUT2D eigenvalue weighted by Gasteiger charge is -2.40. The van der Waals surface area contributed by atoms with Gasteiger partial charge in [0, 0.05) is 37.4 Å². The lowest BCUT2D eigenvalue weighted by Crippen LogP contribution is -2.57. The average molecular weight is 505 g/mol. The van der Waals surface area contributed by atoms with Crippen LogP contribution in [0, 0.1) is 5.92 Å². The minimum atomic E-state index is -4.41. The highest BCUT2D eigenvalue weighted by molar-refractivity contribution is 6.08. The summed E-state index contributed by atoms with van der Waals surface area (Å²) >= 11 is 0. The number of halogens is 3. The van der Waals surface area contributed by atoms with Crippen LogP contribution < -0.4 is 15.0 Å². The Hall–Kier alpha value is -3.76. The normalized spacial score (nSPS) is 20.5. The van der Waals surface area contributed by atoms with Crippen LogP contribution in [0.4, 0.5) is 18.9 Å². The molecule has 1 amide bonds. The Bertz CT molecular complexity index is 1150. The number of anilines is 1. The van der Waals surface area contributed by atoms with Crippen LogP contribution in [-0.4, -0.2) is 62.6 Å². The molecule has 0 aromatic heterocycles. The Kier molecular flexibility index (Phi) is 7.37. The minimum Gasteiger partial charge on any atom is -0.496 e. The number of hydrogen-bond donors (Lipinski definition) is 1. The lowest BCUT2D eigenvalue weighted by atomic mass is 9.90. The fraction of sp³-hybridized carbons (Fsp3) is 0.400. The van der Waals surface area contributed by atoms with Crippen molar-refractivity contribution >= 4 is 23.5 Å². The van der Waals surface area contributed by atoms with E-state index in [0.29, 0.717) is 49.1 Å². The fourth-order valence-electron chi connectivity index (χ4n) is 4.41. The van der Waals surface area contributed by atoms with Gasteiger partial charge in [0.15, 0.2) is 5.92 Å². The van der Waals surface area contributed by atoms with E-state index in [2.05, 4.69) is 5.32 Å². The predicted molar refractivity (Wildman–Crippen MR) is 127 cm³/mol. The molecule has 0 bridgehead atoms. The monoisotopic (exact) mass is 504 g/mol. The zero-order chi connectivity index (χ0) is 25.9. The molecule has 192 valence electrons. The van der Waals surface area contributed by atoms with Crippen molar-refractivity contribution in [1.82, 2.24) is 10.2 Å². The van der Waals surface area contributed by atoms with Crippen LogP contribution >= 0.6 is 0 Å². The number of amides is 1. The number of rotatable bonds is 5. The zero-order valence-corrected chi connectivity index (χ0v) is 19.9. The number of benzene rings is 2. The molecule has 0 spiro atoms. The molecule has 2 aromatic carbocycles. The third-order valence-corrected chi connectivity index (χ3v) is 6.21. The lowest BCUT2D eigenvalue weighted by molar-refractivity contribution is -0.153. The van der Waals surface area contributed by atoms with Crippen LogP contribution in [0.25, 0.3) is 0 Å². The van der Waals surface area contributed by atoms with Crippen LogP contribution in [-0.2, 0) is 20.5 Å². The van der Waals surface area contributed by atoms with E-state index in [9.17, 15) is 22.8 Å². The third-order valence-electron chi connectivity index (χ3n) is 6.21. The molecule has 11 heteroatoms. The van der Waals surface area contributed by atoms with Crippen LogP contribution in [0.15, 0.2) is 53.5 Å². The van der Waals surface area contributed by atoms with Crippen LogP contribution in [0.5, 0.6) is 5.75 Å². The molecule has 0 saturated carbocycles. The van der Waals surface area contributed by atoms with Crippen molar-refractivity contribution in [2.75, 3.05) is 44.8 Å². The van der Waals surface area contributed by atoms with Gasteiger partial charge >= 0.3 is 12.1 Å². The molecule has 2 aromatic rings. The molecule has 36 heavy (non-hydrogen) atoms. The molecular formula is C25H27F3N4O4. The Labute approximate surface area is 206 Å². The Morgan fingerprint density at radius 1 is 1.08 bits per heavy atom. The first-order valence-corrected chi connectivity index (χ1v) is 11.6. The first-order chi connectivity index (χ1) is 17.2. The van der Waals surface area contributed by atoms with Gasteiger partial charge in [0.05, 0.1) is 19.3 Å². The number of alkyl halides is 3. The topological polar surface area (TPSA) is 83.5 Å². The van der Waals surface area contributed by atoms with Crippen molar-refractivity contribution in [1.29, 1.82) is 0 Å². The molecule has 2 heterocycles. The highest BCUT2D eigenvalue weighted by atomic mass is 19.4. The summed E-state index contributed by atoms with van der Waals surface area (Å²) in [5, 5.41) is 2.72. The maximum Gasteiger partial charge on any atom is 0.416 e. The van der Waals surface area contributed by atoms with E-state index >= 15 is 0 Å². The maximum atomic E-state index is 13.1. The minimum absolute atomic E-state index is 0.120. The van der Waals surface area contributed by atoms with Gasteiger partial charge in [-0.15, -0.1) is 0 Å². The van der Waals surface area contributed by atoms with Crippen LogP contribution in [0.3, 0.4) is 0 Å². The first kappa shape index (κ1) is 25.3. The van der Waals surface area contributed by atoms with Gasteiger partial charge in [-0.3, -0.25) is 14.9 Å². The first-order valence-electron chi connectivity index (χ1n) is 11.6. The molecule has 8 nitrogen and oxygen atoms in total. The summed E-state index contributed by atoms with van der Waals surface area (Å²) in [6.45, 7) is 3.47. The molecular weight excluding hydrogens is 477 g/mol. The summed E-state index contributed by atoms with van der Waals surface area (Å²) in [7, 11) is 1.50. The Morgan fingerprint density at radius 2 is 1.78 bits per heavy atom. The van der Waals surface area contributed by atoms with E-state index < -0.39 is 35.6 Å². The van der Waals surface area contributed by atoms with Gasteiger partial charge in [0.25, 0.3) is 0 Å².